The van der Waals surface area contributed by atoms with Gasteiger partial charge in [-0.3, -0.25) is 37.3 Å². The van der Waals surface area contributed by atoms with Crippen molar-refractivity contribution in [3.8, 4) is 0 Å². The van der Waals surface area contributed by atoms with Crippen molar-refractivity contribution in [1.82, 2.24) is 0 Å². The van der Waals surface area contributed by atoms with Crippen LogP contribution < -0.4 is 0 Å². The fourth-order valence-electron chi connectivity index (χ4n) is 10.7. The normalized spacial score (nSPS) is 14.3. The minimum atomic E-state index is -4.95. The number of phosphoric acid groups is 2. The summed E-state index contributed by atoms with van der Waals surface area (Å²) in [5, 5.41) is 10.6. The first kappa shape index (κ1) is 88.1. The SMILES string of the molecule is CC(C)CCCCCCCCCCCCCCCC(=O)O[C@H](COC(=O)CCCCCCCCCC(C)C)COP(=O)(O)OCC(O)COP(=O)(O)OC[C@@H](COC(=O)CCCCCCCCCC(C)C)OC(=O)CCCCCCCCCCCCCC(C)C. The first-order valence-electron chi connectivity index (χ1n) is 36.7. The highest BCUT2D eigenvalue weighted by molar-refractivity contribution is 7.47. The van der Waals surface area contributed by atoms with Gasteiger partial charge >= 0.3 is 39.5 Å². The Bertz CT molecular complexity index is 1780. The zero-order chi connectivity index (χ0) is 66.8. The molecule has 3 N–H and O–H groups in total. The molecular weight excluding hydrogens is 1190 g/mol. The zero-order valence-electron chi connectivity index (χ0n) is 58.8. The van der Waals surface area contributed by atoms with Crippen LogP contribution >= 0.6 is 15.6 Å². The summed E-state index contributed by atoms with van der Waals surface area (Å²) in [6.07, 6.45) is 43.2. The molecule has 19 heteroatoms. The molecule has 0 saturated heterocycles. The summed E-state index contributed by atoms with van der Waals surface area (Å²) < 4.78 is 68.3. The van der Waals surface area contributed by atoms with Crippen molar-refractivity contribution in [2.75, 3.05) is 39.6 Å². The third kappa shape index (κ3) is 64.8. The van der Waals surface area contributed by atoms with E-state index in [0.29, 0.717) is 37.5 Å². The van der Waals surface area contributed by atoms with Crippen molar-refractivity contribution < 1.29 is 80.2 Å². The van der Waals surface area contributed by atoms with Gasteiger partial charge in [-0.25, -0.2) is 9.13 Å². The van der Waals surface area contributed by atoms with E-state index < -0.39 is 97.5 Å². The summed E-state index contributed by atoms with van der Waals surface area (Å²) in [4.78, 5) is 72.6. The van der Waals surface area contributed by atoms with Crippen LogP contribution in [0.5, 0.6) is 0 Å². The van der Waals surface area contributed by atoms with Crippen LogP contribution in [-0.2, 0) is 65.4 Å². The van der Waals surface area contributed by atoms with Crippen LogP contribution in [0.3, 0.4) is 0 Å². The molecule has 0 rings (SSSR count). The highest BCUT2D eigenvalue weighted by atomic mass is 31.2. The molecular formula is C71H138O17P2. The van der Waals surface area contributed by atoms with Gasteiger partial charge in [0.05, 0.1) is 26.4 Å². The van der Waals surface area contributed by atoms with Gasteiger partial charge in [0.2, 0.25) is 0 Å². The van der Waals surface area contributed by atoms with E-state index >= 15 is 0 Å². The van der Waals surface area contributed by atoms with E-state index in [1.165, 1.54) is 141 Å². The van der Waals surface area contributed by atoms with E-state index in [1.54, 1.807) is 0 Å². The number of esters is 4. The maximum absolute atomic E-state index is 13.0. The molecule has 0 aliphatic carbocycles. The van der Waals surface area contributed by atoms with Crippen molar-refractivity contribution in [2.24, 2.45) is 23.7 Å². The molecule has 0 saturated carbocycles. The number of phosphoric ester groups is 2. The lowest BCUT2D eigenvalue weighted by Gasteiger charge is -2.21. The summed E-state index contributed by atoms with van der Waals surface area (Å²) in [5.74, 6) is 0.833. The largest absolute Gasteiger partial charge is 0.472 e. The summed E-state index contributed by atoms with van der Waals surface area (Å²) in [6, 6.07) is 0. The summed E-state index contributed by atoms with van der Waals surface area (Å²) in [7, 11) is -9.90. The number of carbonyl (C=O) groups is 4. The lowest BCUT2D eigenvalue weighted by atomic mass is 10.0. The molecule has 0 spiro atoms. The lowest BCUT2D eigenvalue weighted by Crippen LogP contribution is -2.30. The second kappa shape index (κ2) is 60.7. The summed E-state index contributed by atoms with van der Waals surface area (Å²) in [5.41, 5.74) is 0. The number of unbranched alkanes of at least 4 members (excludes halogenated alkanes) is 34. The van der Waals surface area contributed by atoms with Crippen molar-refractivity contribution >= 4 is 39.5 Å². The van der Waals surface area contributed by atoms with E-state index in [9.17, 15) is 43.2 Å². The van der Waals surface area contributed by atoms with Gasteiger partial charge in [-0.15, -0.1) is 0 Å². The van der Waals surface area contributed by atoms with Gasteiger partial charge in [0.15, 0.2) is 12.2 Å². The highest BCUT2D eigenvalue weighted by Gasteiger charge is 2.30. The van der Waals surface area contributed by atoms with Gasteiger partial charge < -0.3 is 33.8 Å². The Labute approximate surface area is 549 Å². The van der Waals surface area contributed by atoms with Crippen LogP contribution in [0, 0.1) is 23.7 Å². The second-order valence-corrected chi connectivity index (χ2v) is 30.4. The molecule has 0 radical (unpaired) electrons. The maximum atomic E-state index is 13.0. The van der Waals surface area contributed by atoms with Crippen LogP contribution in [-0.4, -0.2) is 96.7 Å². The number of rotatable bonds is 68. The molecule has 90 heavy (non-hydrogen) atoms. The number of hydrogen-bond acceptors (Lipinski definition) is 15. The number of aliphatic hydroxyl groups excluding tert-OH is 1. The van der Waals surface area contributed by atoms with Crippen LogP contribution in [0.1, 0.15) is 351 Å². The number of hydrogen-bond donors (Lipinski definition) is 3. The second-order valence-electron chi connectivity index (χ2n) is 27.5. The first-order chi connectivity index (χ1) is 43.1. The topological polar surface area (TPSA) is 237 Å². The van der Waals surface area contributed by atoms with Crippen LogP contribution in [0.15, 0.2) is 0 Å². The molecule has 0 aromatic heterocycles. The van der Waals surface area contributed by atoms with E-state index in [4.69, 9.17) is 37.0 Å². The first-order valence-corrected chi connectivity index (χ1v) is 39.7. The Kier molecular flexibility index (Phi) is 59.4. The Balaban J connectivity index is 5.24. The van der Waals surface area contributed by atoms with Crippen LogP contribution in [0.4, 0.5) is 0 Å². The van der Waals surface area contributed by atoms with E-state index in [0.717, 1.165) is 115 Å². The average Bonchev–Trinajstić information content (AvgIpc) is 2.76. The molecule has 3 unspecified atom stereocenters. The minimum absolute atomic E-state index is 0.105. The minimum Gasteiger partial charge on any atom is -0.462 e. The smallest absolute Gasteiger partial charge is 0.462 e. The Morgan fingerprint density at radius 2 is 0.467 bits per heavy atom. The highest BCUT2D eigenvalue weighted by Crippen LogP contribution is 2.45. The fourth-order valence-corrected chi connectivity index (χ4v) is 12.2. The molecule has 534 valence electrons. The fraction of sp³-hybridized carbons (Fsp3) is 0.944. The van der Waals surface area contributed by atoms with Gasteiger partial charge in [-0.1, -0.05) is 299 Å². The molecule has 0 bridgehead atoms. The average molecular weight is 1330 g/mol. The Morgan fingerprint density at radius 1 is 0.278 bits per heavy atom. The van der Waals surface area contributed by atoms with E-state index in [1.807, 2.05) is 0 Å². The monoisotopic (exact) mass is 1320 g/mol. The Hall–Kier alpha value is -1.94. The lowest BCUT2D eigenvalue weighted by molar-refractivity contribution is -0.161. The molecule has 0 aromatic carbocycles. The molecule has 5 atom stereocenters. The predicted octanol–water partition coefficient (Wildman–Crippen LogP) is 20.1. The van der Waals surface area contributed by atoms with Crippen molar-refractivity contribution in [2.45, 2.75) is 369 Å². The van der Waals surface area contributed by atoms with E-state index in [2.05, 4.69) is 55.4 Å². The van der Waals surface area contributed by atoms with Gasteiger partial charge in [0, 0.05) is 25.7 Å². The van der Waals surface area contributed by atoms with Gasteiger partial charge in [-0.2, -0.15) is 0 Å². The maximum Gasteiger partial charge on any atom is 0.472 e. The molecule has 0 amide bonds. The third-order valence-corrected chi connectivity index (χ3v) is 18.2. The van der Waals surface area contributed by atoms with Crippen LogP contribution in [0.2, 0.25) is 0 Å². The number of ether oxygens (including phenoxy) is 4. The van der Waals surface area contributed by atoms with Gasteiger partial charge in [-0.05, 0) is 49.4 Å². The molecule has 0 heterocycles. The number of carbonyl (C=O) groups excluding carboxylic acids is 4. The van der Waals surface area contributed by atoms with Crippen LogP contribution in [0.25, 0.3) is 0 Å². The van der Waals surface area contributed by atoms with Crippen molar-refractivity contribution in [3.05, 3.63) is 0 Å². The molecule has 0 aromatic rings. The molecule has 17 nitrogen and oxygen atoms in total. The quantitative estimate of drug-likeness (QED) is 0.0222. The Morgan fingerprint density at radius 3 is 0.689 bits per heavy atom. The molecule has 0 aliphatic heterocycles. The van der Waals surface area contributed by atoms with Crippen molar-refractivity contribution in [1.29, 1.82) is 0 Å². The molecule has 0 aliphatic rings. The summed E-state index contributed by atoms with van der Waals surface area (Å²) >= 11 is 0. The van der Waals surface area contributed by atoms with E-state index in [-0.39, 0.29) is 25.7 Å². The number of aliphatic hydroxyl groups is 1. The standard InChI is InChI=1S/C71H138O17P2/c1-61(2)47-39-31-23-17-13-10-9-11-15-19-27-37-45-53-70(75)87-66(57-81-68(73)51-43-35-29-21-25-33-41-49-63(5)6)59-85-89(77,78)83-55-65(72)56-84-90(79,80)86-60-67(58-82-69(74)52-44-36-30-22-26-34-42-50-64(7)8)88-71(76)54-46-38-28-20-16-12-14-18-24-32-40-48-62(3)4/h61-67,72H,9-60H2,1-8H3,(H,77,78)(H,79,80)/t65?,66-,67-/m1/s1. The van der Waals surface area contributed by atoms with Crippen molar-refractivity contribution in [3.63, 3.8) is 0 Å². The molecule has 0 fully saturated rings. The van der Waals surface area contributed by atoms with Gasteiger partial charge in [0.1, 0.15) is 19.3 Å². The predicted molar refractivity (Wildman–Crippen MR) is 363 cm³/mol. The third-order valence-electron chi connectivity index (χ3n) is 16.3. The van der Waals surface area contributed by atoms with Gasteiger partial charge in [0.25, 0.3) is 0 Å². The zero-order valence-corrected chi connectivity index (χ0v) is 60.6. The summed E-state index contributed by atoms with van der Waals surface area (Å²) in [6.45, 7) is 14.1.